The van der Waals surface area contributed by atoms with Gasteiger partial charge in [-0.25, -0.2) is 0 Å². The zero-order chi connectivity index (χ0) is 16.6. The topological polar surface area (TPSA) is 42.3 Å². The number of benzene rings is 1. The van der Waals surface area contributed by atoms with Crippen molar-refractivity contribution in [3.8, 4) is 0 Å². The Bertz CT molecular complexity index is 737. The third-order valence-electron chi connectivity index (χ3n) is 5.17. The van der Waals surface area contributed by atoms with Crippen molar-refractivity contribution < 1.29 is 9.59 Å². The summed E-state index contributed by atoms with van der Waals surface area (Å²) in [7, 11) is 0. The predicted molar refractivity (Wildman–Crippen MR) is 91.7 cm³/mol. The normalized spacial score (nSPS) is 21.6. The van der Waals surface area contributed by atoms with E-state index in [1.165, 1.54) is 6.42 Å². The highest BCUT2D eigenvalue weighted by Gasteiger charge is 2.29. The molecule has 23 heavy (non-hydrogen) atoms. The number of nitrogens with zero attached hydrogens (tertiary/aromatic N) is 2. The molecule has 1 fully saturated rings. The first-order chi connectivity index (χ1) is 11.0. The van der Waals surface area contributed by atoms with E-state index in [0.29, 0.717) is 24.2 Å². The largest absolute Gasteiger partial charge is 0.336 e. The van der Waals surface area contributed by atoms with Gasteiger partial charge in [0.15, 0.2) is 6.29 Å². The molecule has 122 valence electrons. The van der Waals surface area contributed by atoms with E-state index in [0.717, 1.165) is 35.7 Å². The Kier molecular flexibility index (Phi) is 4.24. The average Bonchev–Trinajstić information content (AvgIpc) is 2.79. The third kappa shape index (κ3) is 2.67. The molecule has 0 saturated carbocycles. The Balaban J connectivity index is 1.97. The van der Waals surface area contributed by atoms with Gasteiger partial charge < -0.3 is 9.47 Å². The van der Waals surface area contributed by atoms with Gasteiger partial charge in [-0.3, -0.25) is 9.59 Å². The van der Waals surface area contributed by atoms with E-state index in [1.54, 1.807) is 0 Å². The molecule has 1 aliphatic rings. The first kappa shape index (κ1) is 15.8. The molecule has 2 heterocycles. The minimum absolute atomic E-state index is 0.144. The Morgan fingerprint density at radius 3 is 2.52 bits per heavy atom. The summed E-state index contributed by atoms with van der Waals surface area (Å²) < 4.78 is 1.98. The number of para-hydroxylation sites is 1. The number of hydrogen-bond acceptors (Lipinski definition) is 2. The molecule has 1 amide bonds. The quantitative estimate of drug-likeness (QED) is 0.813. The van der Waals surface area contributed by atoms with Gasteiger partial charge in [-0.15, -0.1) is 0 Å². The van der Waals surface area contributed by atoms with Crippen molar-refractivity contribution in [2.45, 2.75) is 58.7 Å². The van der Waals surface area contributed by atoms with Crippen molar-refractivity contribution in [3.63, 3.8) is 0 Å². The van der Waals surface area contributed by atoms with Crippen molar-refractivity contribution in [1.29, 1.82) is 0 Å². The monoisotopic (exact) mass is 312 g/mol. The van der Waals surface area contributed by atoms with Crippen molar-refractivity contribution in [2.24, 2.45) is 0 Å². The van der Waals surface area contributed by atoms with Crippen LogP contribution in [0.2, 0.25) is 0 Å². The van der Waals surface area contributed by atoms with Gasteiger partial charge in [-0.1, -0.05) is 18.2 Å². The lowest BCUT2D eigenvalue weighted by atomic mass is 9.97. The van der Waals surface area contributed by atoms with E-state index in [4.69, 9.17) is 0 Å². The molecule has 0 radical (unpaired) electrons. The van der Waals surface area contributed by atoms with Crippen molar-refractivity contribution in [1.82, 2.24) is 9.47 Å². The Labute approximate surface area is 137 Å². The van der Waals surface area contributed by atoms with Crippen LogP contribution in [0.4, 0.5) is 0 Å². The van der Waals surface area contributed by atoms with Gasteiger partial charge in [0.25, 0.3) is 0 Å². The van der Waals surface area contributed by atoms with Crippen LogP contribution in [0.1, 0.15) is 49.2 Å². The molecular weight excluding hydrogens is 288 g/mol. The van der Waals surface area contributed by atoms with Gasteiger partial charge in [0.2, 0.25) is 5.91 Å². The zero-order valence-corrected chi connectivity index (χ0v) is 14.1. The van der Waals surface area contributed by atoms with Crippen LogP contribution in [0.25, 0.3) is 10.9 Å². The second-order valence-electron chi connectivity index (χ2n) is 6.65. The fraction of sp³-hybridized carbons (Fsp3) is 0.474. The first-order valence-electron chi connectivity index (χ1n) is 8.38. The molecule has 1 aromatic heterocycles. The maximum atomic E-state index is 12.9. The van der Waals surface area contributed by atoms with Gasteiger partial charge in [-0.05, 0) is 46.1 Å². The van der Waals surface area contributed by atoms with Gasteiger partial charge in [0.05, 0.1) is 0 Å². The van der Waals surface area contributed by atoms with Crippen LogP contribution in [-0.2, 0) is 11.3 Å². The summed E-state index contributed by atoms with van der Waals surface area (Å²) in [4.78, 5) is 26.4. The van der Waals surface area contributed by atoms with Gasteiger partial charge in [0, 0.05) is 34.2 Å². The maximum Gasteiger partial charge on any atom is 0.242 e. The lowest BCUT2D eigenvalue weighted by Crippen LogP contribution is -2.48. The lowest BCUT2D eigenvalue weighted by molar-refractivity contribution is -0.137. The van der Waals surface area contributed by atoms with Crippen LogP contribution in [-0.4, -0.2) is 33.7 Å². The summed E-state index contributed by atoms with van der Waals surface area (Å²) in [6, 6.07) is 8.38. The fourth-order valence-electron chi connectivity index (χ4n) is 3.94. The molecule has 2 atom stereocenters. The average molecular weight is 312 g/mol. The summed E-state index contributed by atoms with van der Waals surface area (Å²) in [5.41, 5.74) is 2.51. The van der Waals surface area contributed by atoms with E-state index in [9.17, 15) is 9.59 Å². The van der Waals surface area contributed by atoms with Crippen LogP contribution in [0.15, 0.2) is 24.3 Å². The van der Waals surface area contributed by atoms with Crippen molar-refractivity contribution >= 4 is 23.1 Å². The van der Waals surface area contributed by atoms with Crippen LogP contribution < -0.4 is 0 Å². The highest BCUT2D eigenvalue weighted by atomic mass is 16.2. The molecule has 0 unspecified atom stereocenters. The second kappa shape index (κ2) is 6.19. The van der Waals surface area contributed by atoms with Gasteiger partial charge >= 0.3 is 0 Å². The van der Waals surface area contributed by atoms with Gasteiger partial charge in [0.1, 0.15) is 6.54 Å². The van der Waals surface area contributed by atoms with E-state index in [2.05, 4.69) is 13.8 Å². The number of fused-ring (bicyclic) bond motifs is 1. The Hall–Kier alpha value is -2.10. The van der Waals surface area contributed by atoms with Crippen LogP contribution in [0, 0.1) is 6.92 Å². The summed E-state index contributed by atoms with van der Waals surface area (Å²) in [5, 5.41) is 0.924. The van der Waals surface area contributed by atoms with Crippen LogP contribution >= 0.6 is 0 Å². The lowest BCUT2D eigenvalue weighted by Gasteiger charge is -2.39. The van der Waals surface area contributed by atoms with E-state index >= 15 is 0 Å². The minimum atomic E-state index is 0.144. The summed E-state index contributed by atoms with van der Waals surface area (Å²) in [6.07, 6.45) is 4.22. The number of likely N-dealkylation sites (tertiary alicyclic amines) is 1. The number of rotatable bonds is 3. The Morgan fingerprint density at radius 2 is 1.87 bits per heavy atom. The standard InChI is InChI=1S/C19H24N2O2/c1-13-7-6-8-14(2)21(13)19(23)11-20-15(3)17(12-22)16-9-4-5-10-18(16)20/h4-5,9-10,12-14H,6-8,11H2,1-3H3/t13-,14-/m1/s1. The molecular formula is C19H24N2O2. The van der Waals surface area contributed by atoms with Crippen molar-refractivity contribution in [3.05, 3.63) is 35.5 Å². The van der Waals surface area contributed by atoms with Crippen LogP contribution in [0.5, 0.6) is 0 Å². The summed E-state index contributed by atoms with van der Waals surface area (Å²) in [5.74, 6) is 0.144. The summed E-state index contributed by atoms with van der Waals surface area (Å²) in [6.45, 7) is 6.48. The highest BCUT2D eigenvalue weighted by Crippen LogP contribution is 2.27. The molecule has 0 aliphatic carbocycles. The van der Waals surface area contributed by atoms with E-state index < -0.39 is 0 Å². The number of hydrogen-bond donors (Lipinski definition) is 0. The van der Waals surface area contributed by atoms with Gasteiger partial charge in [-0.2, -0.15) is 0 Å². The first-order valence-corrected chi connectivity index (χ1v) is 8.38. The van der Waals surface area contributed by atoms with Crippen molar-refractivity contribution in [2.75, 3.05) is 0 Å². The molecule has 1 aromatic carbocycles. The minimum Gasteiger partial charge on any atom is -0.336 e. The maximum absolute atomic E-state index is 12.9. The molecule has 4 heteroatoms. The predicted octanol–water partition coefficient (Wildman–Crippen LogP) is 3.55. The SMILES string of the molecule is Cc1c(C=O)c2ccccc2n1CC(=O)N1[C@H](C)CCC[C@H]1C. The number of aldehydes is 1. The Morgan fingerprint density at radius 1 is 1.22 bits per heavy atom. The van der Waals surface area contributed by atoms with E-state index in [-0.39, 0.29) is 5.91 Å². The van der Waals surface area contributed by atoms with Crippen LogP contribution in [0.3, 0.4) is 0 Å². The molecule has 0 N–H and O–H groups in total. The molecule has 1 aliphatic heterocycles. The zero-order valence-electron chi connectivity index (χ0n) is 14.1. The van der Waals surface area contributed by atoms with E-state index in [1.807, 2.05) is 40.7 Å². The number of carbonyl (C=O) groups is 2. The number of aromatic nitrogens is 1. The highest BCUT2D eigenvalue weighted by molar-refractivity contribution is 6.00. The third-order valence-corrected chi connectivity index (χ3v) is 5.17. The fourth-order valence-corrected chi connectivity index (χ4v) is 3.94. The number of amides is 1. The smallest absolute Gasteiger partial charge is 0.242 e. The number of carbonyl (C=O) groups excluding carboxylic acids is 2. The molecule has 1 saturated heterocycles. The molecule has 3 rings (SSSR count). The summed E-state index contributed by atoms with van der Waals surface area (Å²) >= 11 is 0. The molecule has 0 bridgehead atoms. The number of piperidine rings is 1. The second-order valence-corrected chi connectivity index (χ2v) is 6.65. The molecule has 2 aromatic rings. The molecule has 4 nitrogen and oxygen atoms in total. The molecule has 0 spiro atoms.